The first-order valence-corrected chi connectivity index (χ1v) is 9.11. The minimum Gasteiger partial charge on any atom is -0.481 e. The van der Waals surface area contributed by atoms with Crippen molar-refractivity contribution in [2.75, 3.05) is 13.1 Å². The molecule has 0 bridgehead atoms. The van der Waals surface area contributed by atoms with Crippen molar-refractivity contribution in [1.82, 2.24) is 4.90 Å². The second-order valence-corrected chi connectivity index (χ2v) is 7.10. The molecule has 2 aromatic rings. The molecule has 0 aliphatic carbocycles. The van der Waals surface area contributed by atoms with E-state index < -0.39 is 11.9 Å². The molecule has 1 unspecified atom stereocenters. The molecule has 3 rings (SSSR count). The Kier molecular flexibility index (Phi) is 5.40. The van der Waals surface area contributed by atoms with Gasteiger partial charge in [-0.25, -0.2) is 0 Å². The van der Waals surface area contributed by atoms with E-state index in [1.54, 1.807) is 35.2 Å². The number of piperidine rings is 1. The Bertz CT molecular complexity index is 903. The Morgan fingerprint density at radius 2 is 1.70 bits per heavy atom. The van der Waals surface area contributed by atoms with Crippen LogP contribution in [0.15, 0.2) is 42.5 Å². The summed E-state index contributed by atoms with van der Waals surface area (Å²) in [6.45, 7) is 4.62. The van der Waals surface area contributed by atoms with Gasteiger partial charge in [0.15, 0.2) is 5.78 Å². The number of nitrogens with zero attached hydrogens (tertiary/aromatic N) is 1. The summed E-state index contributed by atoms with van der Waals surface area (Å²) in [4.78, 5) is 38.9. The monoisotopic (exact) mass is 365 g/mol. The number of aryl methyl sites for hydroxylation is 2. The van der Waals surface area contributed by atoms with Crippen molar-refractivity contribution in [3.63, 3.8) is 0 Å². The Morgan fingerprint density at radius 3 is 2.37 bits per heavy atom. The lowest BCUT2D eigenvalue weighted by Gasteiger charge is -2.31. The second-order valence-electron chi connectivity index (χ2n) is 7.10. The van der Waals surface area contributed by atoms with Crippen molar-refractivity contribution in [3.8, 4) is 0 Å². The molecule has 1 atom stereocenters. The highest BCUT2D eigenvalue weighted by molar-refractivity contribution is 6.15. The van der Waals surface area contributed by atoms with Crippen LogP contribution in [-0.4, -0.2) is 40.8 Å². The first kappa shape index (κ1) is 18.8. The lowest BCUT2D eigenvalue weighted by atomic mass is 9.94. The highest BCUT2D eigenvalue weighted by atomic mass is 16.4. The maximum atomic E-state index is 13.0. The van der Waals surface area contributed by atoms with Crippen LogP contribution >= 0.6 is 0 Å². The van der Waals surface area contributed by atoms with Crippen LogP contribution in [0.3, 0.4) is 0 Å². The summed E-state index contributed by atoms with van der Waals surface area (Å²) in [5, 5.41) is 9.26. The normalized spacial score (nSPS) is 16.8. The predicted molar refractivity (Wildman–Crippen MR) is 102 cm³/mol. The number of likely N-dealkylation sites (tertiary alicyclic amines) is 1. The summed E-state index contributed by atoms with van der Waals surface area (Å²) in [7, 11) is 0. The van der Waals surface area contributed by atoms with Crippen LogP contribution in [-0.2, 0) is 4.79 Å². The van der Waals surface area contributed by atoms with Gasteiger partial charge >= 0.3 is 5.97 Å². The number of hydrogen-bond acceptors (Lipinski definition) is 3. The molecule has 1 aliphatic rings. The van der Waals surface area contributed by atoms with Gasteiger partial charge in [0, 0.05) is 24.2 Å². The molecule has 1 saturated heterocycles. The highest BCUT2D eigenvalue weighted by Gasteiger charge is 2.30. The molecule has 1 N–H and O–H groups in total. The third-order valence-electron chi connectivity index (χ3n) is 5.23. The van der Waals surface area contributed by atoms with Crippen molar-refractivity contribution in [1.29, 1.82) is 0 Å². The number of rotatable bonds is 4. The van der Waals surface area contributed by atoms with E-state index in [1.165, 1.54) is 0 Å². The second kappa shape index (κ2) is 7.74. The predicted octanol–water partition coefficient (Wildman–Crippen LogP) is 3.47. The number of benzene rings is 2. The largest absolute Gasteiger partial charge is 0.481 e. The average molecular weight is 365 g/mol. The van der Waals surface area contributed by atoms with Crippen LogP contribution < -0.4 is 0 Å². The quantitative estimate of drug-likeness (QED) is 0.842. The topological polar surface area (TPSA) is 74.7 Å². The van der Waals surface area contributed by atoms with Crippen molar-refractivity contribution in [2.45, 2.75) is 26.7 Å². The van der Waals surface area contributed by atoms with Gasteiger partial charge in [-0.1, -0.05) is 30.3 Å². The molecular formula is C22H23NO4. The standard InChI is InChI=1S/C22H23NO4/c1-14-9-10-16(12-15(14)2)20(24)18-7-3-4-8-19(18)21(25)23-11-5-6-17(13-23)22(26)27/h3-4,7-10,12,17H,5-6,11,13H2,1-2H3,(H,26,27). The molecule has 0 radical (unpaired) electrons. The Morgan fingerprint density at radius 1 is 1.00 bits per heavy atom. The van der Waals surface area contributed by atoms with Crippen LogP contribution in [0.25, 0.3) is 0 Å². The minimum atomic E-state index is -0.882. The van der Waals surface area contributed by atoms with Gasteiger partial charge in [-0.3, -0.25) is 14.4 Å². The number of carbonyl (C=O) groups is 3. The van der Waals surface area contributed by atoms with Gasteiger partial charge in [0.25, 0.3) is 5.91 Å². The van der Waals surface area contributed by atoms with Crippen LogP contribution in [0.5, 0.6) is 0 Å². The van der Waals surface area contributed by atoms with E-state index in [4.69, 9.17) is 0 Å². The summed E-state index contributed by atoms with van der Waals surface area (Å²) < 4.78 is 0. The number of hydrogen-bond donors (Lipinski definition) is 1. The zero-order chi connectivity index (χ0) is 19.6. The Labute approximate surface area is 158 Å². The van der Waals surface area contributed by atoms with Gasteiger partial charge in [-0.15, -0.1) is 0 Å². The van der Waals surface area contributed by atoms with Gasteiger partial charge < -0.3 is 10.0 Å². The number of carboxylic acid groups (broad SMARTS) is 1. The van der Waals surface area contributed by atoms with E-state index in [1.807, 2.05) is 26.0 Å². The van der Waals surface area contributed by atoms with Gasteiger partial charge in [-0.2, -0.15) is 0 Å². The van der Waals surface area contributed by atoms with Crippen molar-refractivity contribution < 1.29 is 19.5 Å². The van der Waals surface area contributed by atoms with Crippen LogP contribution in [0.2, 0.25) is 0 Å². The lowest BCUT2D eigenvalue weighted by molar-refractivity contribution is -0.143. The SMILES string of the molecule is Cc1ccc(C(=O)c2ccccc2C(=O)N2CCCC(C(=O)O)C2)cc1C. The van der Waals surface area contributed by atoms with Crippen LogP contribution in [0.1, 0.15) is 50.2 Å². The molecule has 0 saturated carbocycles. The van der Waals surface area contributed by atoms with Gasteiger partial charge in [-0.05, 0) is 49.9 Å². The van der Waals surface area contributed by atoms with Gasteiger partial charge in [0.2, 0.25) is 0 Å². The van der Waals surface area contributed by atoms with E-state index in [2.05, 4.69) is 0 Å². The van der Waals surface area contributed by atoms with E-state index >= 15 is 0 Å². The maximum absolute atomic E-state index is 13.0. The molecule has 140 valence electrons. The lowest BCUT2D eigenvalue weighted by Crippen LogP contribution is -2.42. The number of carbonyl (C=O) groups excluding carboxylic acids is 2. The fourth-order valence-corrected chi connectivity index (χ4v) is 3.44. The van der Waals surface area contributed by atoms with Gasteiger partial charge in [0.05, 0.1) is 11.5 Å². The summed E-state index contributed by atoms with van der Waals surface area (Å²) in [5.41, 5.74) is 3.34. The smallest absolute Gasteiger partial charge is 0.308 e. The van der Waals surface area contributed by atoms with E-state index in [9.17, 15) is 19.5 Å². The fraction of sp³-hybridized carbons (Fsp3) is 0.318. The molecule has 1 aliphatic heterocycles. The third-order valence-corrected chi connectivity index (χ3v) is 5.23. The Balaban J connectivity index is 1.91. The molecule has 1 heterocycles. The molecule has 1 amide bonds. The molecule has 1 fully saturated rings. The van der Waals surface area contributed by atoms with Crippen LogP contribution in [0, 0.1) is 19.8 Å². The first-order valence-electron chi connectivity index (χ1n) is 9.11. The molecular weight excluding hydrogens is 342 g/mol. The zero-order valence-corrected chi connectivity index (χ0v) is 15.6. The summed E-state index contributed by atoms with van der Waals surface area (Å²) in [6.07, 6.45) is 1.22. The summed E-state index contributed by atoms with van der Waals surface area (Å²) in [6, 6.07) is 12.3. The molecule has 5 heteroatoms. The van der Waals surface area contributed by atoms with Crippen molar-refractivity contribution >= 4 is 17.7 Å². The minimum absolute atomic E-state index is 0.181. The van der Waals surface area contributed by atoms with E-state index in [0.717, 1.165) is 11.1 Å². The molecule has 5 nitrogen and oxygen atoms in total. The molecule has 0 spiro atoms. The van der Waals surface area contributed by atoms with Crippen molar-refractivity contribution in [3.05, 3.63) is 70.3 Å². The van der Waals surface area contributed by atoms with E-state index in [-0.39, 0.29) is 18.2 Å². The summed E-state index contributed by atoms with van der Waals surface area (Å²) in [5.74, 6) is -1.92. The third kappa shape index (κ3) is 3.92. The number of carboxylic acids is 1. The Hall–Kier alpha value is -2.95. The maximum Gasteiger partial charge on any atom is 0.308 e. The fourth-order valence-electron chi connectivity index (χ4n) is 3.44. The van der Waals surface area contributed by atoms with Crippen molar-refractivity contribution in [2.24, 2.45) is 5.92 Å². The number of ketones is 1. The first-order chi connectivity index (χ1) is 12.9. The highest BCUT2D eigenvalue weighted by Crippen LogP contribution is 2.22. The molecule has 2 aromatic carbocycles. The number of aliphatic carboxylic acids is 1. The zero-order valence-electron chi connectivity index (χ0n) is 15.6. The average Bonchev–Trinajstić information content (AvgIpc) is 2.69. The van der Waals surface area contributed by atoms with Gasteiger partial charge in [0.1, 0.15) is 0 Å². The van der Waals surface area contributed by atoms with E-state index in [0.29, 0.717) is 36.1 Å². The van der Waals surface area contributed by atoms with Crippen LogP contribution in [0.4, 0.5) is 0 Å². The number of amides is 1. The summed E-state index contributed by atoms with van der Waals surface area (Å²) >= 11 is 0. The molecule has 27 heavy (non-hydrogen) atoms. The molecule has 0 aromatic heterocycles.